The summed E-state index contributed by atoms with van der Waals surface area (Å²) >= 11 is 0.233. The predicted octanol–water partition coefficient (Wildman–Crippen LogP) is 2.45. The van der Waals surface area contributed by atoms with Gasteiger partial charge in [-0.3, -0.25) is 0 Å². The fourth-order valence-electron chi connectivity index (χ4n) is 1.45. The number of ether oxygens (including phenoxy) is 1. The van der Waals surface area contributed by atoms with Crippen molar-refractivity contribution >= 4 is 12.1 Å². The molecule has 0 saturated heterocycles. The third-order valence-electron chi connectivity index (χ3n) is 2.16. The number of halogens is 1. The highest BCUT2D eigenvalue weighted by Crippen LogP contribution is 2.33. The lowest BCUT2D eigenvalue weighted by Crippen LogP contribution is -2.20. The molecule has 0 bridgehead atoms. The molecule has 0 aromatic heterocycles. The summed E-state index contributed by atoms with van der Waals surface area (Å²) < 4.78 is 17.6. The molecule has 1 atom stereocenters. The van der Waals surface area contributed by atoms with Gasteiger partial charge in [-0.15, -0.1) is 0 Å². The smallest absolute Gasteiger partial charge is 0.124 e. The lowest BCUT2D eigenvalue weighted by molar-refractivity contribution is 0.268. The second-order valence-electron chi connectivity index (χ2n) is 3.02. The van der Waals surface area contributed by atoms with E-state index >= 15 is 0 Å². The Morgan fingerprint density at radius 1 is 1.54 bits per heavy atom. The Morgan fingerprint density at radius 3 is 3.15 bits per heavy atom. The van der Waals surface area contributed by atoms with Crippen LogP contribution in [0.4, 0.5) is 3.89 Å². The van der Waals surface area contributed by atoms with Crippen LogP contribution in [0.15, 0.2) is 23.1 Å². The first kappa shape index (κ1) is 8.84. The minimum Gasteiger partial charge on any atom is -0.493 e. The zero-order valence-electron chi connectivity index (χ0n) is 7.00. The van der Waals surface area contributed by atoms with Crippen LogP contribution in [0, 0.1) is 0 Å². The van der Waals surface area contributed by atoms with Crippen LogP contribution in [0.1, 0.15) is 18.0 Å². The van der Waals surface area contributed by atoms with Crippen LogP contribution in [-0.4, -0.2) is 6.61 Å². The molecule has 2 nitrogen and oxygen atoms in total. The topological polar surface area (TPSA) is 35.2 Å². The van der Waals surface area contributed by atoms with Crippen LogP contribution >= 0.6 is 12.1 Å². The summed E-state index contributed by atoms with van der Waals surface area (Å²) in [4.78, 5) is 0.583. The van der Waals surface area contributed by atoms with Crippen LogP contribution in [0.25, 0.3) is 0 Å². The Hall–Kier alpha value is -0.740. The quantitative estimate of drug-likeness (QED) is 0.754. The molecule has 1 heterocycles. The van der Waals surface area contributed by atoms with Crippen molar-refractivity contribution in [1.29, 1.82) is 0 Å². The molecule has 0 radical (unpaired) electrons. The number of nitrogens with two attached hydrogens (primary N) is 1. The molecule has 0 fully saturated rings. The van der Waals surface area contributed by atoms with Gasteiger partial charge >= 0.3 is 0 Å². The first-order valence-corrected chi connectivity index (χ1v) is 4.84. The summed E-state index contributed by atoms with van der Waals surface area (Å²) in [7, 11) is 0. The van der Waals surface area contributed by atoms with Gasteiger partial charge in [0.1, 0.15) is 5.75 Å². The fraction of sp³-hybridized carbons (Fsp3) is 0.333. The molecule has 13 heavy (non-hydrogen) atoms. The van der Waals surface area contributed by atoms with Gasteiger partial charge in [0.2, 0.25) is 0 Å². The van der Waals surface area contributed by atoms with Crippen LogP contribution in [0.5, 0.6) is 5.75 Å². The van der Waals surface area contributed by atoms with Crippen molar-refractivity contribution in [3.8, 4) is 5.75 Å². The summed E-state index contributed by atoms with van der Waals surface area (Å²) in [5.41, 5.74) is 6.77. The molecule has 0 spiro atoms. The molecule has 4 heteroatoms. The normalized spacial score (nSPS) is 20.6. The molecule has 2 N–H and O–H groups in total. The van der Waals surface area contributed by atoms with Crippen molar-refractivity contribution in [2.24, 2.45) is 5.73 Å². The van der Waals surface area contributed by atoms with E-state index in [-0.39, 0.29) is 18.2 Å². The first-order valence-electron chi connectivity index (χ1n) is 4.12. The highest BCUT2D eigenvalue weighted by atomic mass is 32.2. The van der Waals surface area contributed by atoms with Crippen LogP contribution < -0.4 is 10.5 Å². The third-order valence-corrected chi connectivity index (χ3v) is 2.59. The largest absolute Gasteiger partial charge is 0.493 e. The molecule has 1 aromatic carbocycles. The second-order valence-corrected chi connectivity index (χ2v) is 3.65. The maximum absolute atomic E-state index is 12.3. The molecule has 70 valence electrons. The Balaban J connectivity index is 2.41. The van der Waals surface area contributed by atoms with Gasteiger partial charge in [0, 0.05) is 22.9 Å². The maximum atomic E-state index is 12.3. The van der Waals surface area contributed by atoms with Gasteiger partial charge in [0.15, 0.2) is 0 Å². The number of rotatable bonds is 1. The first-order chi connectivity index (χ1) is 6.31. The molecule has 0 saturated carbocycles. The van der Waals surface area contributed by atoms with Gasteiger partial charge in [-0.2, -0.15) is 3.89 Å². The highest BCUT2D eigenvalue weighted by molar-refractivity contribution is 7.94. The zero-order chi connectivity index (χ0) is 9.26. The van der Waals surface area contributed by atoms with E-state index in [4.69, 9.17) is 10.5 Å². The van der Waals surface area contributed by atoms with Crippen molar-refractivity contribution < 1.29 is 8.62 Å². The monoisotopic (exact) mass is 199 g/mol. The molecule has 0 amide bonds. The standard InChI is InChI=1S/C9H10FNOS/c10-13-6-1-2-9-7(5-6)8(11)3-4-12-9/h1-2,5,8H,3-4,11H2. The van der Waals surface area contributed by atoms with Gasteiger partial charge in [-0.1, -0.05) is 0 Å². The Labute approximate surface area is 80.6 Å². The van der Waals surface area contributed by atoms with E-state index in [0.717, 1.165) is 17.7 Å². The summed E-state index contributed by atoms with van der Waals surface area (Å²) in [6.07, 6.45) is 0.799. The Morgan fingerprint density at radius 2 is 2.38 bits per heavy atom. The van der Waals surface area contributed by atoms with Gasteiger partial charge < -0.3 is 10.5 Å². The fourth-order valence-corrected chi connectivity index (χ4v) is 1.74. The molecular weight excluding hydrogens is 189 g/mol. The Bertz CT molecular complexity index is 318. The molecule has 1 aliphatic rings. The van der Waals surface area contributed by atoms with Crippen molar-refractivity contribution in [3.63, 3.8) is 0 Å². The van der Waals surface area contributed by atoms with E-state index < -0.39 is 0 Å². The van der Waals surface area contributed by atoms with Crippen molar-refractivity contribution in [1.82, 2.24) is 0 Å². The lowest BCUT2D eigenvalue weighted by atomic mass is 10.0. The molecule has 1 aliphatic heterocycles. The van der Waals surface area contributed by atoms with Gasteiger partial charge in [-0.05, 0) is 18.2 Å². The Kier molecular flexibility index (Phi) is 2.42. The molecule has 1 unspecified atom stereocenters. The van der Waals surface area contributed by atoms with Gasteiger partial charge in [-0.25, -0.2) is 0 Å². The average molecular weight is 199 g/mol. The predicted molar refractivity (Wildman–Crippen MR) is 50.4 cm³/mol. The van der Waals surface area contributed by atoms with E-state index in [1.54, 1.807) is 18.2 Å². The summed E-state index contributed by atoms with van der Waals surface area (Å²) in [6, 6.07) is 5.21. The highest BCUT2D eigenvalue weighted by Gasteiger charge is 2.18. The van der Waals surface area contributed by atoms with Crippen LogP contribution in [-0.2, 0) is 0 Å². The number of benzene rings is 1. The van der Waals surface area contributed by atoms with Crippen molar-refractivity contribution in [3.05, 3.63) is 23.8 Å². The minimum atomic E-state index is -0.0177. The van der Waals surface area contributed by atoms with Crippen molar-refractivity contribution in [2.45, 2.75) is 17.4 Å². The minimum absolute atomic E-state index is 0.0177. The number of fused-ring (bicyclic) bond motifs is 1. The summed E-state index contributed by atoms with van der Waals surface area (Å²) in [5.74, 6) is 0.788. The van der Waals surface area contributed by atoms with Gasteiger partial charge in [0.05, 0.1) is 18.8 Å². The van der Waals surface area contributed by atoms with E-state index in [1.807, 2.05) is 0 Å². The van der Waals surface area contributed by atoms with E-state index in [2.05, 4.69) is 0 Å². The molecular formula is C9H10FNOS. The third kappa shape index (κ3) is 1.64. The van der Waals surface area contributed by atoms with E-state index in [9.17, 15) is 3.89 Å². The van der Waals surface area contributed by atoms with Crippen molar-refractivity contribution in [2.75, 3.05) is 6.61 Å². The van der Waals surface area contributed by atoms with Gasteiger partial charge in [0.25, 0.3) is 0 Å². The van der Waals surface area contributed by atoms with Crippen LogP contribution in [0.3, 0.4) is 0 Å². The second kappa shape index (κ2) is 3.55. The zero-order valence-corrected chi connectivity index (χ0v) is 7.81. The summed E-state index contributed by atoms with van der Waals surface area (Å²) in [6.45, 7) is 0.649. The summed E-state index contributed by atoms with van der Waals surface area (Å²) in [5, 5.41) is 0. The van der Waals surface area contributed by atoms with E-state index in [1.165, 1.54) is 0 Å². The molecule has 0 aliphatic carbocycles. The molecule has 1 aromatic rings. The SMILES string of the molecule is NC1CCOc2ccc(SF)cc21. The number of hydrogen-bond donors (Lipinski definition) is 1. The van der Waals surface area contributed by atoms with Crippen LogP contribution in [0.2, 0.25) is 0 Å². The molecule has 2 rings (SSSR count). The average Bonchev–Trinajstić information content (AvgIpc) is 2.18. The number of hydrogen-bond acceptors (Lipinski definition) is 3. The lowest BCUT2D eigenvalue weighted by Gasteiger charge is -2.22. The maximum Gasteiger partial charge on any atom is 0.124 e. The van der Waals surface area contributed by atoms with E-state index in [0.29, 0.717) is 11.5 Å².